The molecule has 1 unspecified atom stereocenters. The molecule has 2 N–H and O–H groups in total. The minimum Gasteiger partial charge on any atom is -0.507 e. The van der Waals surface area contributed by atoms with Crippen LogP contribution in [0.3, 0.4) is 0 Å². The Hall–Kier alpha value is -1.75. The van der Waals surface area contributed by atoms with Crippen LogP contribution < -0.4 is 10.1 Å². The Morgan fingerprint density at radius 3 is 3.00 bits per heavy atom. The molecule has 0 aromatic heterocycles. The number of nitrogens with zero attached hydrogens (tertiary/aromatic N) is 1. The average molecular weight is 264 g/mol. The zero-order valence-electron chi connectivity index (χ0n) is 11.3. The first-order valence-electron chi connectivity index (χ1n) is 6.47. The van der Waals surface area contributed by atoms with Gasteiger partial charge in [-0.2, -0.15) is 0 Å². The highest BCUT2D eigenvalue weighted by Crippen LogP contribution is 2.24. The van der Waals surface area contributed by atoms with E-state index in [1.54, 1.807) is 24.1 Å². The van der Waals surface area contributed by atoms with E-state index in [4.69, 9.17) is 4.74 Å². The summed E-state index contributed by atoms with van der Waals surface area (Å²) < 4.78 is 5.08. The van der Waals surface area contributed by atoms with Crippen LogP contribution in [0, 0.1) is 0 Å². The molecular formula is C14H20N2O3. The van der Waals surface area contributed by atoms with E-state index in [2.05, 4.69) is 5.32 Å². The molecule has 1 amide bonds. The summed E-state index contributed by atoms with van der Waals surface area (Å²) in [4.78, 5) is 13.9. The summed E-state index contributed by atoms with van der Waals surface area (Å²) in [6.07, 6.45) is 2.23. The van der Waals surface area contributed by atoms with Gasteiger partial charge in [0.25, 0.3) is 5.91 Å². The first-order valence-corrected chi connectivity index (χ1v) is 6.47. The van der Waals surface area contributed by atoms with Crippen LogP contribution in [0.5, 0.6) is 11.5 Å². The van der Waals surface area contributed by atoms with Crippen LogP contribution in [0.25, 0.3) is 0 Å². The zero-order chi connectivity index (χ0) is 13.8. The lowest BCUT2D eigenvalue weighted by atomic mass is 10.1. The lowest BCUT2D eigenvalue weighted by Gasteiger charge is -2.22. The summed E-state index contributed by atoms with van der Waals surface area (Å²) in [5, 5.41) is 13.1. The van der Waals surface area contributed by atoms with Gasteiger partial charge >= 0.3 is 0 Å². The molecule has 1 fully saturated rings. The van der Waals surface area contributed by atoms with Crippen LogP contribution in [-0.2, 0) is 0 Å². The Morgan fingerprint density at radius 1 is 1.58 bits per heavy atom. The number of methoxy groups -OCH3 is 1. The van der Waals surface area contributed by atoms with E-state index in [0.717, 1.165) is 19.4 Å². The Kier molecular flexibility index (Phi) is 4.27. The van der Waals surface area contributed by atoms with Gasteiger partial charge < -0.3 is 20.1 Å². The van der Waals surface area contributed by atoms with Crippen LogP contribution in [-0.4, -0.2) is 49.2 Å². The van der Waals surface area contributed by atoms with Crippen molar-refractivity contribution in [2.24, 2.45) is 0 Å². The van der Waals surface area contributed by atoms with E-state index in [9.17, 15) is 9.90 Å². The number of aromatic hydroxyl groups is 1. The number of phenolic OH excluding ortho intramolecular Hbond substituents is 1. The number of phenols is 1. The first kappa shape index (κ1) is 13.7. The molecule has 1 aliphatic heterocycles. The number of nitrogens with one attached hydrogen (secondary N) is 1. The number of benzene rings is 1. The molecule has 0 aliphatic carbocycles. The van der Waals surface area contributed by atoms with Crippen LogP contribution >= 0.6 is 0 Å². The summed E-state index contributed by atoms with van der Waals surface area (Å²) in [5.74, 6) is 0.357. The van der Waals surface area contributed by atoms with Crippen molar-refractivity contribution in [1.82, 2.24) is 10.2 Å². The smallest absolute Gasteiger partial charge is 0.257 e. The van der Waals surface area contributed by atoms with Crippen molar-refractivity contribution in [2.75, 3.05) is 27.2 Å². The van der Waals surface area contributed by atoms with E-state index in [1.807, 2.05) is 0 Å². The molecule has 19 heavy (non-hydrogen) atoms. The fourth-order valence-corrected chi connectivity index (χ4v) is 2.35. The molecule has 1 atom stereocenters. The van der Waals surface area contributed by atoms with Crippen molar-refractivity contribution in [3.8, 4) is 11.5 Å². The third-order valence-corrected chi connectivity index (χ3v) is 3.44. The predicted molar refractivity (Wildman–Crippen MR) is 72.6 cm³/mol. The predicted octanol–water partition coefficient (Wildman–Crippen LogP) is 1.22. The van der Waals surface area contributed by atoms with Gasteiger partial charge in [0.2, 0.25) is 0 Å². The van der Waals surface area contributed by atoms with Crippen molar-refractivity contribution in [3.63, 3.8) is 0 Å². The van der Waals surface area contributed by atoms with E-state index < -0.39 is 0 Å². The lowest BCUT2D eigenvalue weighted by molar-refractivity contribution is 0.0780. The van der Waals surface area contributed by atoms with Crippen molar-refractivity contribution >= 4 is 5.91 Å². The summed E-state index contributed by atoms with van der Waals surface area (Å²) in [5.41, 5.74) is 0.278. The van der Waals surface area contributed by atoms with Gasteiger partial charge in [-0.1, -0.05) is 0 Å². The second-order valence-corrected chi connectivity index (χ2v) is 4.86. The average Bonchev–Trinajstić information content (AvgIpc) is 2.91. The third kappa shape index (κ3) is 3.17. The Labute approximate surface area is 113 Å². The molecular weight excluding hydrogens is 244 g/mol. The van der Waals surface area contributed by atoms with Gasteiger partial charge in [-0.15, -0.1) is 0 Å². The minimum absolute atomic E-state index is 0.0166. The molecule has 1 heterocycles. The maximum absolute atomic E-state index is 12.3. The second-order valence-electron chi connectivity index (χ2n) is 4.86. The van der Waals surface area contributed by atoms with E-state index >= 15 is 0 Å². The van der Waals surface area contributed by atoms with Gasteiger partial charge in [0.1, 0.15) is 11.5 Å². The van der Waals surface area contributed by atoms with Crippen molar-refractivity contribution < 1.29 is 14.6 Å². The number of hydrogen-bond acceptors (Lipinski definition) is 4. The molecule has 1 saturated heterocycles. The van der Waals surface area contributed by atoms with Crippen molar-refractivity contribution in [1.29, 1.82) is 0 Å². The van der Waals surface area contributed by atoms with Crippen LogP contribution in [0.15, 0.2) is 18.2 Å². The van der Waals surface area contributed by atoms with E-state index in [0.29, 0.717) is 18.3 Å². The van der Waals surface area contributed by atoms with Crippen LogP contribution in [0.1, 0.15) is 23.2 Å². The van der Waals surface area contributed by atoms with E-state index in [1.165, 1.54) is 13.2 Å². The van der Waals surface area contributed by atoms with Gasteiger partial charge in [0.05, 0.1) is 12.7 Å². The maximum Gasteiger partial charge on any atom is 0.257 e. The van der Waals surface area contributed by atoms with Crippen molar-refractivity contribution in [2.45, 2.75) is 18.9 Å². The Bertz CT molecular complexity index is 456. The lowest BCUT2D eigenvalue weighted by Crippen LogP contribution is -2.38. The number of hydrogen-bond donors (Lipinski definition) is 2. The summed E-state index contributed by atoms with van der Waals surface area (Å²) in [6, 6.07) is 5.02. The largest absolute Gasteiger partial charge is 0.507 e. The quantitative estimate of drug-likeness (QED) is 0.858. The molecule has 5 nitrogen and oxygen atoms in total. The summed E-state index contributed by atoms with van der Waals surface area (Å²) in [6.45, 7) is 1.66. The van der Waals surface area contributed by atoms with Gasteiger partial charge in [0, 0.05) is 19.6 Å². The van der Waals surface area contributed by atoms with E-state index in [-0.39, 0.29) is 17.2 Å². The van der Waals surface area contributed by atoms with Crippen LogP contribution in [0.2, 0.25) is 0 Å². The van der Waals surface area contributed by atoms with Gasteiger partial charge in [0.15, 0.2) is 0 Å². The molecule has 1 aromatic carbocycles. The number of rotatable bonds is 4. The molecule has 1 aliphatic rings. The minimum atomic E-state index is -0.190. The zero-order valence-corrected chi connectivity index (χ0v) is 11.3. The third-order valence-electron chi connectivity index (χ3n) is 3.44. The fraction of sp³-hybridized carbons (Fsp3) is 0.500. The molecule has 5 heteroatoms. The number of ether oxygens (including phenoxy) is 1. The molecule has 1 aromatic rings. The fourth-order valence-electron chi connectivity index (χ4n) is 2.35. The second kappa shape index (κ2) is 5.93. The number of likely N-dealkylation sites (N-methyl/N-ethyl adjacent to an activating group) is 1. The van der Waals surface area contributed by atoms with Crippen molar-refractivity contribution in [3.05, 3.63) is 23.8 Å². The number of carbonyl (C=O) groups is 1. The molecule has 0 saturated carbocycles. The Morgan fingerprint density at radius 2 is 2.37 bits per heavy atom. The van der Waals surface area contributed by atoms with Gasteiger partial charge in [-0.3, -0.25) is 4.79 Å². The standard InChI is InChI=1S/C14H20N2O3/c1-16(9-10-4-3-7-15-10)14(18)12-8-11(19-2)5-6-13(12)17/h5-6,8,10,15,17H,3-4,7,9H2,1-2H3. The molecule has 0 spiro atoms. The monoisotopic (exact) mass is 264 g/mol. The van der Waals surface area contributed by atoms with Crippen LogP contribution in [0.4, 0.5) is 0 Å². The highest BCUT2D eigenvalue weighted by molar-refractivity contribution is 5.97. The molecule has 0 radical (unpaired) electrons. The highest BCUT2D eigenvalue weighted by Gasteiger charge is 2.21. The molecule has 104 valence electrons. The SMILES string of the molecule is COc1ccc(O)c(C(=O)N(C)CC2CCCN2)c1. The molecule has 0 bridgehead atoms. The normalized spacial score (nSPS) is 18.3. The number of amides is 1. The first-order chi connectivity index (χ1) is 9.11. The summed E-state index contributed by atoms with van der Waals surface area (Å²) in [7, 11) is 3.29. The summed E-state index contributed by atoms with van der Waals surface area (Å²) >= 11 is 0. The number of carbonyl (C=O) groups excluding carboxylic acids is 1. The molecule has 2 rings (SSSR count). The Balaban J connectivity index is 2.09. The maximum atomic E-state index is 12.3. The van der Waals surface area contributed by atoms with Gasteiger partial charge in [-0.05, 0) is 37.6 Å². The topological polar surface area (TPSA) is 61.8 Å². The van der Waals surface area contributed by atoms with Gasteiger partial charge in [-0.25, -0.2) is 0 Å². The highest BCUT2D eigenvalue weighted by atomic mass is 16.5.